The molecule has 212 valence electrons. The number of nitrogens with one attached hydrogen (secondary N) is 1. The smallest absolute Gasteiger partial charge is 0.444 e. The number of nitrogens with zero attached hydrogens (tertiary/aromatic N) is 7. The number of hydrogen-bond donors (Lipinski definition) is 2. The van der Waals surface area contributed by atoms with Crippen molar-refractivity contribution in [3.63, 3.8) is 0 Å². The summed E-state index contributed by atoms with van der Waals surface area (Å²) in [6, 6.07) is 0.167. The monoisotopic (exact) mass is 572 g/mol. The Hall–Kier alpha value is -3.75. The number of ether oxygens (including phenoxy) is 1. The van der Waals surface area contributed by atoms with Crippen LogP contribution in [0.15, 0.2) is 47.9 Å². The Labute approximate surface area is 229 Å². The summed E-state index contributed by atoms with van der Waals surface area (Å²) in [5, 5.41) is 11.7. The molecule has 0 aromatic carbocycles. The van der Waals surface area contributed by atoms with E-state index in [1.165, 1.54) is 23.3 Å². The predicted molar refractivity (Wildman–Crippen MR) is 140 cm³/mol. The third kappa shape index (κ3) is 6.51. The molecule has 4 aromatic rings. The normalized spacial score (nSPS) is 18.9. The van der Waals surface area contributed by atoms with Gasteiger partial charge in [-0.2, -0.15) is 10.2 Å². The lowest BCUT2D eigenvalue weighted by Crippen LogP contribution is -2.24. The van der Waals surface area contributed by atoms with Gasteiger partial charge >= 0.3 is 7.82 Å². The quantitative estimate of drug-likeness (QED) is 0.249. The van der Waals surface area contributed by atoms with Gasteiger partial charge in [-0.1, -0.05) is 0 Å². The van der Waals surface area contributed by atoms with E-state index in [1.54, 1.807) is 24.8 Å². The molecule has 1 atom stereocenters. The minimum atomic E-state index is -4.16. The molecule has 1 fully saturated rings. The van der Waals surface area contributed by atoms with Crippen molar-refractivity contribution in [2.24, 2.45) is 0 Å². The fraction of sp³-hybridized carbons (Fsp3) is 0.417. The summed E-state index contributed by atoms with van der Waals surface area (Å²) in [5.41, 5.74) is 1.96. The van der Waals surface area contributed by atoms with Crippen LogP contribution in [-0.4, -0.2) is 65.1 Å². The molecule has 1 aliphatic rings. The molecule has 1 amide bonds. The molecule has 0 saturated heterocycles. The van der Waals surface area contributed by atoms with Crippen LogP contribution in [0.25, 0.3) is 22.8 Å². The number of carbonyl (C=O) groups is 1. The second kappa shape index (κ2) is 12.2. The van der Waals surface area contributed by atoms with Crippen molar-refractivity contribution in [2.45, 2.75) is 51.5 Å². The summed E-state index contributed by atoms with van der Waals surface area (Å²) in [7, 11) is -3.10. The highest BCUT2D eigenvalue weighted by molar-refractivity contribution is 7.47. The summed E-state index contributed by atoms with van der Waals surface area (Å²) >= 11 is 0. The molecular formula is C24H29N8O7P. The van der Waals surface area contributed by atoms with Crippen LogP contribution in [0.5, 0.6) is 0 Å². The zero-order chi connectivity index (χ0) is 28.1. The molecule has 5 rings (SSSR count). The minimum Gasteiger partial charge on any atom is -0.444 e. The third-order valence-corrected chi connectivity index (χ3v) is 7.31. The van der Waals surface area contributed by atoms with Crippen molar-refractivity contribution in [3.05, 3.63) is 49.1 Å². The van der Waals surface area contributed by atoms with E-state index < -0.39 is 13.7 Å². The summed E-state index contributed by atoms with van der Waals surface area (Å²) < 4.78 is 35.0. The summed E-state index contributed by atoms with van der Waals surface area (Å²) in [4.78, 5) is 35.3. The van der Waals surface area contributed by atoms with Crippen molar-refractivity contribution in [1.29, 1.82) is 0 Å². The van der Waals surface area contributed by atoms with Gasteiger partial charge in [0.05, 0.1) is 35.8 Å². The van der Waals surface area contributed by atoms with Crippen molar-refractivity contribution in [1.82, 2.24) is 34.5 Å². The van der Waals surface area contributed by atoms with Crippen LogP contribution >= 0.6 is 7.82 Å². The number of phosphoric ester groups is 1. The molecule has 0 aliphatic heterocycles. The first-order valence-corrected chi connectivity index (χ1v) is 14.1. The molecule has 2 N–H and O–H groups in total. The standard InChI is InChI=1S/C24H29N8O7P/c1-3-37-18-6-4-17(5-7-18)32-13-20(22(30-32)19-11-25-8-9-26-19)28-23(33)21-14-38-24(29-21)16-10-27-31(12-16)15-39-40(34,35)36-2/h8-14,17-18H,3-7,15H2,1-2H3,(H,28,33)(H,34,35)/t17-,18-. The summed E-state index contributed by atoms with van der Waals surface area (Å²) in [6.45, 7) is 2.37. The second-order valence-corrected chi connectivity index (χ2v) is 10.6. The number of anilines is 1. The van der Waals surface area contributed by atoms with Crippen molar-refractivity contribution >= 4 is 19.4 Å². The van der Waals surface area contributed by atoms with E-state index in [9.17, 15) is 14.3 Å². The highest BCUT2D eigenvalue weighted by Gasteiger charge is 2.26. The minimum absolute atomic E-state index is 0.0355. The number of rotatable bonds is 11. The number of oxazole rings is 1. The molecule has 1 unspecified atom stereocenters. The van der Waals surface area contributed by atoms with Gasteiger partial charge in [0, 0.05) is 38.5 Å². The summed E-state index contributed by atoms with van der Waals surface area (Å²) in [6.07, 6.45) is 14.6. The van der Waals surface area contributed by atoms with Crippen molar-refractivity contribution in [2.75, 3.05) is 19.0 Å². The van der Waals surface area contributed by atoms with Gasteiger partial charge in [0.25, 0.3) is 5.91 Å². The maximum absolute atomic E-state index is 13.2. The third-order valence-electron chi connectivity index (χ3n) is 6.41. The van der Waals surface area contributed by atoms with Gasteiger partial charge in [0.2, 0.25) is 5.89 Å². The van der Waals surface area contributed by atoms with Gasteiger partial charge in [-0.05, 0) is 32.6 Å². The highest BCUT2D eigenvalue weighted by atomic mass is 31.2. The van der Waals surface area contributed by atoms with Crippen LogP contribution in [-0.2, 0) is 25.1 Å². The molecule has 4 heterocycles. The van der Waals surface area contributed by atoms with E-state index in [2.05, 4.69) is 29.9 Å². The Kier molecular flexibility index (Phi) is 8.47. The number of amides is 1. The van der Waals surface area contributed by atoms with E-state index in [4.69, 9.17) is 18.8 Å². The number of carbonyl (C=O) groups excluding carboxylic acids is 1. The topological polar surface area (TPSA) is 182 Å². The molecule has 16 heteroatoms. The first-order valence-electron chi connectivity index (χ1n) is 12.6. The van der Waals surface area contributed by atoms with Crippen LogP contribution in [0.4, 0.5) is 5.69 Å². The van der Waals surface area contributed by atoms with Crippen LogP contribution in [0.3, 0.4) is 0 Å². The van der Waals surface area contributed by atoms with Crippen LogP contribution in [0.1, 0.15) is 49.1 Å². The van der Waals surface area contributed by atoms with Crippen molar-refractivity contribution in [3.8, 4) is 22.8 Å². The highest BCUT2D eigenvalue weighted by Crippen LogP contribution is 2.42. The molecule has 1 aliphatic carbocycles. The fourth-order valence-corrected chi connectivity index (χ4v) is 4.79. The van der Waals surface area contributed by atoms with Gasteiger partial charge in [0.1, 0.15) is 17.7 Å². The lowest BCUT2D eigenvalue weighted by atomic mass is 9.93. The zero-order valence-electron chi connectivity index (χ0n) is 21.9. The average Bonchev–Trinajstić information content (AvgIpc) is 3.73. The molecule has 0 bridgehead atoms. The largest absolute Gasteiger partial charge is 0.473 e. The van der Waals surface area contributed by atoms with Crippen molar-refractivity contribution < 1.29 is 32.5 Å². The Morgan fingerprint density at radius 3 is 2.77 bits per heavy atom. The zero-order valence-corrected chi connectivity index (χ0v) is 22.8. The lowest BCUT2D eigenvalue weighted by Gasteiger charge is -2.28. The molecule has 4 aromatic heterocycles. The molecule has 40 heavy (non-hydrogen) atoms. The number of aromatic nitrogens is 7. The van der Waals surface area contributed by atoms with E-state index in [1.807, 2.05) is 11.6 Å². The van der Waals surface area contributed by atoms with Crippen LogP contribution < -0.4 is 5.32 Å². The van der Waals surface area contributed by atoms with E-state index in [0.717, 1.165) is 32.8 Å². The van der Waals surface area contributed by atoms with E-state index >= 15 is 0 Å². The second-order valence-electron chi connectivity index (χ2n) is 9.02. The summed E-state index contributed by atoms with van der Waals surface area (Å²) in [5.74, 6) is -0.372. The van der Waals surface area contributed by atoms with E-state index in [-0.39, 0.29) is 30.5 Å². The first kappa shape index (κ1) is 27.8. The van der Waals surface area contributed by atoms with Gasteiger partial charge in [-0.15, -0.1) is 0 Å². The van der Waals surface area contributed by atoms with Crippen LogP contribution in [0.2, 0.25) is 0 Å². The van der Waals surface area contributed by atoms with Gasteiger partial charge in [-0.3, -0.25) is 28.5 Å². The maximum atomic E-state index is 13.2. The number of hydrogen-bond acceptors (Lipinski definition) is 11. The Morgan fingerprint density at radius 2 is 2.05 bits per heavy atom. The fourth-order valence-electron chi connectivity index (χ4n) is 4.42. The Morgan fingerprint density at radius 1 is 1.23 bits per heavy atom. The molecule has 0 radical (unpaired) electrons. The van der Waals surface area contributed by atoms with E-state index in [0.29, 0.717) is 29.2 Å². The van der Waals surface area contributed by atoms with Gasteiger partial charge < -0.3 is 19.4 Å². The lowest BCUT2D eigenvalue weighted by molar-refractivity contribution is 0.0260. The molecular weight excluding hydrogens is 543 g/mol. The molecule has 15 nitrogen and oxygen atoms in total. The van der Waals surface area contributed by atoms with Crippen LogP contribution in [0, 0.1) is 0 Å². The van der Waals surface area contributed by atoms with Gasteiger partial charge in [-0.25, -0.2) is 14.2 Å². The average molecular weight is 573 g/mol. The Balaban J connectivity index is 1.31. The maximum Gasteiger partial charge on any atom is 0.473 e. The van der Waals surface area contributed by atoms with Gasteiger partial charge in [0.15, 0.2) is 12.4 Å². The number of phosphoric acid groups is 1. The first-order chi connectivity index (χ1) is 19.3. The molecule has 0 spiro atoms. The SMILES string of the molecule is CCO[C@H]1CC[C@H](n2cc(NC(=O)c3coc(-c4cnn(COP(=O)(O)OC)c4)n3)c(-c3cnccn3)n2)CC1. The predicted octanol–water partition coefficient (Wildman–Crippen LogP) is 3.69. The molecule has 1 saturated carbocycles. The Bertz CT molecular complexity index is 1480.